The van der Waals surface area contributed by atoms with Crippen LogP contribution in [-0.2, 0) is 9.47 Å². The molecule has 0 amide bonds. The summed E-state index contributed by atoms with van der Waals surface area (Å²) in [7, 11) is 0. The molecular weight excluding hydrogens is 372 g/mol. The highest BCUT2D eigenvalue weighted by atomic mass is 16.7. The number of unbranched alkanes of at least 4 members (excludes halogenated alkanes) is 11. The van der Waals surface area contributed by atoms with E-state index in [1.807, 2.05) is 0 Å². The molecule has 0 N–H and O–H groups in total. The predicted octanol–water partition coefficient (Wildman–Crippen LogP) is 9.17. The monoisotopic (exact) mass is 422 g/mol. The first-order valence-electron chi connectivity index (χ1n) is 12.8. The summed E-state index contributed by atoms with van der Waals surface area (Å²) < 4.78 is 10.2. The summed E-state index contributed by atoms with van der Waals surface area (Å²) in [6.07, 6.45) is 27.8. The predicted molar refractivity (Wildman–Crippen MR) is 130 cm³/mol. The summed E-state index contributed by atoms with van der Waals surface area (Å²) in [6.45, 7) is 7.70. The van der Waals surface area contributed by atoms with Crippen molar-refractivity contribution in [2.24, 2.45) is 5.92 Å². The number of ether oxygens (including phenoxy) is 2. The highest BCUT2D eigenvalue weighted by molar-refractivity contribution is 5.59. The standard InChI is InChI=1S/C27H50O3/c1-4-5-6-7-8-9-10-11-12-13-14-15-16-17-18-21-24-29-27(28)30-25-22-19-20-23-26(2)3/h8-9,11-12,26H,4-7,10,13-25H2,1-3H3. The lowest BCUT2D eigenvalue weighted by Crippen LogP contribution is -2.09. The van der Waals surface area contributed by atoms with E-state index in [0.717, 1.165) is 38.0 Å². The van der Waals surface area contributed by atoms with Crippen molar-refractivity contribution in [1.29, 1.82) is 0 Å². The Bertz CT molecular complexity index is 412. The molecule has 0 aliphatic rings. The molecule has 0 aromatic heterocycles. The lowest BCUT2D eigenvalue weighted by atomic mass is 10.1. The van der Waals surface area contributed by atoms with Crippen molar-refractivity contribution in [3.05, 3.63) is 24.3 Å². The lowest BCUT2D eigenvalue weighted by Gasteiger charge is -2.07. The van der Waals surface area contributed by atoms with E-state index >= 15 is 0 Å². The third-order valence-electron chi connectivity index (χ3n) is 5.21. The van der Waals surface area contributed by atoms with E-state index in [-0.39, 0.29) is 0 Å². The van der Waals surface area contributed by atoms with Crippen molar-refractivity contribution in [2.45, 2.75) is 124 Å². The Hall–Kier alpha value is -1.25. The second kappa shape index (κ2) is 24.0. The van der Waals surface area contributed by atoms with E-state index in [1.54, 1.807) is 0 Å². The summed E-state index contributed by atoms with van der Waals surface area (Å²) in [5.41, 5.74) is 0. The van der Waals surface area contributed by atoms with E-state index in [0.29, 0.717) is 13.2 Å². The normalized spacial score (nSPS) is 11.7. The van der Waals surface area contributed by atoms with Crippen LogP contribution in [0.2, 0.25) is 0 Å². The molecule has 0 aromatic rings. The summed E-state index contributed by atoms with van der Waals surface area (Å²) in [4.78, 5) is 11.5. The van der Waals surface area contributed by atoms with Gasteiger partial charge >= 0.3 is 6.16 Å². The molecule has 3 heteroatoms. The number of carbonyl (C=O) groups excluding carboxylic acids is 1. The fourth-order valence-electron chi connectivity index (χ4n) is 3.27. The van der Waals surface area contributed by atoms with Gasteiger partial charge in [-0.25, -0.2) is 4.79 Å². The smallest absolute Gasteiger partial charge is 0.434 e. The molecule has 0 aliphatic carbocycles. The van der Waals surface area contributed by atoms with Crippen LogP contribution in [0, 0.1) is 5.92 Å². The molecule has 0 bridgehead atoms. The maximum absolute atomic E-state index is 11.5. The second-order valence-corrected chi connectivity index (χ2v) is 8.77. The number of carbonyl (C=O) groups is 1. The molecule has 3 nitrogen and oxygen atoms in total. The Morgan fingerprint density at radius 2 is 1.17 bits per heavy atom. The van der Waals surface area contributed by atoms with Crippen molar-refractivity contribution in [1.82, 2.24) is 0 Å². The highest BCUT2D eigenvalue weighted by Crippen LogP contribution is 2.09. The highest BCUT2D eigenvalue weighted by Gasteiger charge is 2.03. The van der Waals surface area contributed by atoms with Crippen LogP contribution in [0.3, 0.4) is 0 Å². The molecule has 0 heterocycles. The quantitative estimate of drug-likeness (QED) is 0.105. The molecule has 0 fully saturated rings. The van der Waals surface area contributed by atoms with Gasteiger partial charge in [0, 0.05) is 0 Å². The van der Waals surface area contributed by atoms with Crippen LogP contribution in [0.1, 0.15) is 124 Å². The third kappa shape index (κ3) is 24.8. The number of hydrogen-bond donors (Lipinski definition) is 0. The van der Waals surface area contributed by atoms with Gasteiger partial charge in [0.25, 0.3) is 0 Å². The van der Waals surface area contributed by atoms with Crippen LogP contribution < -0.4 is 0 Å². The van der Waals surface area contributed by atoms with Gasteiger partial charge in [0.05, 0.1) is 13.2 Å². The van der Waals surface area contributed by atoms with Gasteiger partial charge in [-0.2, -0.15) is 0 Å². The first kappa shape index (κ1) is 28.8. The van der Waals surface area contributed by atoms with Gasteiger partial charge in [-0.1, -0.05) is 103 Å². The molecule has 0 rings (SSSR count). The lowest BCUT2D eigenvalue weighted by molar-refractivity contribution is 0.0528. The molecular formula is C27H50O3. The van der Waals surface area contributed by atoms with Crippen molar-refractivity contribution in [3.63, 3.8) is 0 Å². The average Bonchev–Trinajstić information content (AvgIpc) is 2.72. The Kier molecular flexibility index (Phi) is 23.0. The molecule has 0 saturated carbocycles. The molecule has 0 spiro atoms. The fourth-order valence-corrected chi connectivity index (χ4v) is 3.27. The zero-order chi connectivity index (χ0) is 22.1. The van der Waals surface area contributed by atoms with Crippen LogP contribution in [0.15, 0.2) is 24.3 Å². The van der Waals surface area contributed by atoms with Crippen molar-refractivity contribution >= 4 is 6.16 Å². The molecule has 176 valence electrons. The zero-order valence-corrected chi connectivity index (χ0v) is 20.3. The van der Waals surface area contributed by atoms with E-state index in [9.17, 15) is 4.79 Å². The maximum atomic E-state index is 11.5. The molecule has 0 atom stereocenters. The molecule has 0 saturated heterocycles. The zero-order valence-electron chi connectivity index (χ0n) is 20.3. The summed E-state index contributed by atoms with van der Waals surface area (Å²) >= 11 is 0. The van der Waals surface area contributed by atoms with Crippen LogP contribution in [0.5, 0.6) is 0 Å². The van der Waals surface area contributed by atoms with Crippen LogP contribution in [0.25, 0.3) is 0 Å². The minimum atomic E-state index is -0.499. The minimum absolute atomic E-state index is 0.487. The van der Waals surface area contributed by atoms with Gasteiger partial charge in [-0.15, -0.1) is 0 Å². The van der Waals surface area contributed by atoms with Gasteiger partial charge in [-0.05, 0) is 50.9 Å². The second-order valence-electron chi connectivity index (χ2n) is 8.77. The van der Waals surface area contributed by atoms with Crippen LogP contribution in [-0.4, -0.2) is 19.4 Å². The van der Waals surface area contributed by atoms with Crippen molar-refractivity contribution in [2.75, 3.05) is 13.2 Å². The molecule has 0 radical (unpaired) electrons. The molecule has 0 aliphatic heterocycles. The van der Waals surface area contributed by atoms with Crippen LogP contribution in [0.4, 0.5) is 4.79 Å². The summed E-state index contributed by atoms with van der Waals surface area (Å²) in [5.74, 6) is 0.755. The third-order valence-corrected chi connectivity index (χ3v) is 5.21. The SMILES string of the molecule is CCCCCC=CCC=CCCCCCCCCOC(=O)OCCCCCC(C)C. The van der Waals surface area contributed by atoms with E-state index in [2.05, 4.69) is 45.1 Å². The number of allylic oxidation sites excluding steroid dienone is 4. The number of hydrogen-bond acceptors (Lipinski definition) is 3. The van der Waals surface area contributed by atoms with Gasteiger partial charge in [0.15, 0.2) is 0 Å². The van der Waals surface area contributed by atoms with Crippen LogP contribution >= 0.6 is 0 Å². The first-order chi connectivity index (χ1) is 14.7. The Labute approximate surface area is 187 Å². The topological polar surface area (TPSA) is 35.5 Å². The molecule has 30 heavy (non-hydrogen) atoms. The van der Waals surface area contributed by atoms with Gasteiger partial charge in [0.2, 0.25) is 0 Å². The van der Waals surface area contributed by atoms with E-state index in [1.165, 1.54) is 70.6 Å². The van der Waals surface area contributed by atoms with Gasteiger partial charge in [0.1, 0.15) is 0 Å². The van der Waals surface area contributed by atoms with E-state index in [4.69, 9.17) is 9.47 Å². The Morgan fingerprint density at radius 3 is 1.73 bits per heavy atom. The Balaban J connectivity index is 3.25. The summed E-state index contributed by atoms with van der Waals surface area (Å²) in [6, 6.07) is 0. The summed E-state index contributed by atoms with van der Waals surface area (Å²) in [5, 5.41) is 0. The first-order valence-corrected chi connectivity index (χ1v) is 12.8. The van der Waals surface area contributed by atoms with Crippen molar-refractivity contribution in [3.8, 4) is 0 Å². The Morgan fingerprint density at radius 1 is 0.667 bits per heavy atom. The van der Waals surface area contributed by atoms with E-state index < -0.39 is 6.16 Å². The van der Waals surface area contributed by atoms with Crippen molar-refractivity contribution < 1.29 is 14.3 Å². The fraction of sp³-hybridized carbons (Fsp3) is 0.815. The average molecular weight is 423 g/mol. The van der Waals surface area contributed by atoms with Gasteiger partial charge in [-0.3, -0.25) is 0 Å². The largest absolute Gasteiger partial charge is 0.508 e. The molecule has 0 unspecified atom stereocenters. The number of rotatable bonds is 21. The minimum Gasteiger partial charge on any atom is -0.434 e. The van der Waals surface area contributed by atoms with Gasteiger partial charge < -0.3 is 9.47 Å². The maximum Gasteiger partial charge on any atom is 0.508 e. The molecule has 0 aromatic carbocycles.